The minimum Gasteiger partial charge on any atom is -0.507 e. The number of amides is 1. The summed E-state index contributed by atoms with van der Waals surface area (Å²) in [6.45, 7) is 3.94. The van der Waals surface area contributed by atoms with E-state index in [4.69, 9.17) is 0 Å². The zero-order chi connectivity index (χ0) is 22.4. The lowest BCUT2D eigenvalue weighted by Gasteiger charge is -2.22. The van der Waals surface area contributed by atoms with Crippen LogP contribution in [0.2, 0.25) is 0 Å². The van der Waals surface area contributed by atoms with Crippen LogP contribution in [0.4, 0.5) is 5.13 Å². The van der Waals surface area contributed by atoms with Gasteiger partial charge in [-0.3, -0.25) is 14.5 Å². The lowest BCUT2D eigenvalue weighted by molar-refractivity contribution is -0.132. The zero-order valence-corrected chi connectivity index (χ0v) is 18.4. The lowest BCUT2D eigenvalue weighted by Crippen LogP contribution is -2.29. The van der Waals surface area contributed by atoms with Crippen molar-refractivity contribution in [1.29, 1.82) is 0 Å². The van der Waals surface area contributed by atoms with Gasteiger partial charge in [0.15, 0.2) is 5.13 Å². The van der Waals surface area contributed by atoms with E-state index in [0.29, 0.717) is 10.7 Å². The molecule has 0 aliphatic carbocycles. The molecular weight excluding hydrogens is 420 g/mol. The third-order valence-electron chi connectivity index (χ3n) is 5.62. The molecule has 4 aromatic rings. The van der Waals surface area contributed by atoms with Gasteiger partial charge in [-0.2, -0.15) is 0 Å². The van der Waals surface area contributed by atoms with E-state index in [1.807, 2.05) is 74.5 Å². The van der Waals surface area contributed by atoms with Crippen molar-refractivity contribution in [1.82, 2.24) is 4.98 Å². The molecule has 1 fully saturated rings. The van der Waals surface area contributed by atoms with Crippen molar-refractivity contribution >= 4 is 44.1 Å². The van der Waals surface area contributed by atoms with Crippen molar-refractivity contribution in [2.75, 3.05) is 4.90 Å². The molecule has 0 saturated carbocycles. The van der Waals surface area contributed by atoms with E-state index in [2.05, 4.69) is 4.98 Å². The van der Waals surface area contributed by atoms with Crippen LogP contribution in [0.25, 0.3) is 16.0 Å². The maximum Gasteiger partial charge on any atom is 0.301 e. The molecule has 1 aromatic heterocycles. The van der Waals surface area contributed by atoms with Gasteiger partial charge in [0.05, 0.1) is 21.8 Å². The Bertz CT molecular complexity index is 1390. The predicted octanol–water partition coefficient (Wildman–Crippen LogP) is 5.54. The molecule has 5 rings (SSSR count). The summed E-state index contributed by atoms with van der Waals surface area (Å²) in [5, 5.41) is 11.6. The highest BCUT2D eigenvalue weighted by Gasteiger charge is 2.48. The summed E-state index contributed by atoms with van der Waals surface area (Å²) in [4.78, 5) is 32.5. The first-order chi connectivity index (χ1) is 15.4. The van der Waals surface area contributed by atoms with E-state index in [1.54, 1.807) is 12.1 Å². The van der Waals surface area contributed by atoms with Crippen LogP contribution in [0.5, 0.6) is 0 Å². The van der Waals surface area contributed by atoms with Gasteiger partial charge in [0.1, 0.15) is 5.76 Å². The number of hydrogen-bond donors (Lipinski definition) is 1. The third kappa shape index (κ3) is 3.29. The number of carbonyl (C=O) groups excluding carboxylic acids is 2. The number of ketones is 1. The van der Waals surface area contributed by atoms with Gasteiger partial charge in [-0.15, -0.1) is 0 Å². The van der Waals surface area contributed by atoms with Crippen LogP contribution in [0.15, 0.2) is 78.4 Å². The number of hydrogen-bond acceptors (Lipinski definition) is 5. The standard InChI is InChI=1S/C26H20N2O3S/c1-15-8-11-18(12-9-15)23(29)21-22(17-6-4-3-5-7-17)28(25(31)24(21)30)26-27-19-13-10-16(2)14-20(19)32-26/h3-14,22,29H,1-2H3. The molecule has 1 atom stereocenters. The van der Waals surface area contributed by atoms with E-state index in [0.717, 1.165) is 26.9 Å². The van der Waals surface area contributed by atoms with Gasteiger partial charge in [-0.05, 0) is 37.1 Å². The van der Waals surface area contributed by atoms with Crippen molar-refractivity contribution in [2.24, 2.45) is 0 Å². The van der Waals surface area contributed by atoms with Gasteiger partial charge in [0.25, 0.3) is 5.78 Å². The minimum atomic E-state index is -0.765. The molecule has 1 N–H and O–H groups in total. The second kappa shape index (κ2) is 7.73. The quantitative estimate of drug-likeness (QED) is 0.258. The van der Waals surface area contributed by atoms with Gasteiger partial charge in [0, 0.05) is 5.56 Å². The molecule has 158 valence electrons. The summed E-state index contributed by atoms with van der Waals surface area (Å²) in [5.41, 5.74) is 4.19. The Morgan fingerprint density at radius 1 is 0.938 bits per heavy atom. The first kappa shape index (κ1) is 20.2. The number of aromatic nitrogens is 1. The van der Waals surface area contributed by atoms with Crippen LogP contribution in [0.1, 0.15) is 28.3 Å². The fourth-order valence-corrected chi connectivity index (χ4v) is 5.06. The number of benzene rings is 3. The molecule has 1 unspecified atom stereocenters. The molecule has 2 heterocycles. The van der Waals surface area contributed by atoms with Crippen LogP contribution in [-0.4, -0.2) is 21.8 Å². The zero-order valence-electron chi connectivity index (χ0n) is 17.6. The Kier molecular flexibility index (Phi) is 4.87. The van der Waals surface area contributed by atoms with Gasteiger partial charge in [-0.25, -0.2) is 4.98 Å². The highest BCUT2D eigenvalue weighted by Crippen LogP contribution is 2.44. The molecular formula is C26H20N2O3S. The average molecular weight is 441 g/mol. The smallest absolute Gasteiger partial charge is 0.301 e. The number of fused-ring (bicyclic) bond motifs is 1. The van der Waals surface area contributed by atoms with Gasteiger partial charge < -0.3 is 5.11 Å². The largest absolute Gasteiger partial charge is 0.507 e. The van der Waals surface area contributed by atoms with E-state index in [-0.39, 0.29) is 11.3 Å². The number of aliphatic hydroxyl groups excluding tert-OH is 1. The van der Waals surface area contributed by atoms with Crippen molar-refractivity contribution in [3.05, 3.63) is 101 Å². The first-order valence-electron chi connectivity index (χ1n) is 10.2. The number of anilines is 1. The lowest BCUT2D eigenvalue weighted by atomic mass is 9.95. The molecule has 32 heavy (non-hydrogen) atoms. The molecule has 1 aliphatic rings. The van der Waals surface area contributed by atoms with Crippen molar-refractivity contribution in [3.63, 3.8) is 0 Å². The molecule has 0 radical (unpaired) electrons. The maximum absolute atomic E-state index is 13.2. The summed E-state index contributed by atoms with van der Waals surface area (Å²) in [5.74, 6) is -1.59. The van der Waals surface area contributed by atoms with Gasteiger partial charge in [-0.1, -0.05) is 77.6 Å². The van der Waals surface area contributed by atoms with Crippen molar-refractivity contribution < 1.29 is 14.7 Å². The summed E-state index contributed by atoms with van der Waals surface area (Å²) < 4.78 is 0.937. The topological polar surface area (TPSA) is 70.5 Å². The Morgan fingerprint density at radius 2 is 1.62 bits per heavy atom. The van der Waals surface area contributed by atoms with Crippen LogP contribution in [0.3, 0.4) is 0 Å². The van der Waals surface area contributed by atoms with E-state index >= 15 is 0 Å². The summed E-state index contributed by atoms with van der Waals surface area (Å²) in [6.07, 6.45) is 0. The number of nitrogens with zero attached hydrogens (tertiary/aromatic N) is 2. The van der Waals surface area contributed by atoms with E-state index < -0.39 is 17.7 Å². The molecule has 0 spiro atoms. The monoisotopic (exact) mass is 440 g/mol. The summed E-state index contributed by atoms with van der Waals surface area (Å²) >= 11 is 1.36. The van der Waals surface area contributed by atoms with Crippen molar-refractivity contribution in [2.45, 2.75) is 19.9 Å². The molecule has 1 saturated heterocycles. The Balaban J connectivity index is 1.72. The van der Waals surface area contributed by atoms with Gasteiger partial charge in [0.2, 0.25) is 0 Å². The first-order valence-corrected chi connectivity index (χ1v) is 11.1. The fourth-order valence-electron chi connectivity index (χ4n) is 3.97. The molecule has 1 aliphatic heterocycles. The highest BCUT2D eigenvalue weighted by molar-refractivity contribution is 7.22. The molecule has 1 amide bonds. The Hall–Kier alpha value is -3.77. The minimum absolute atomic E-state index is 0.0699. The molecule has 3 aromatic carbocycles. The normalized spacial score (nSPS) is 17.9. The third-order valence-corrected chi connectivity index (χ3v) is 6.64. The fraction of sp³-hybridized carbons (Fsp3) is 0.115. The SMILES string of the molecule is Cc1ccc(C(O)=C2C(=O)C(=O)N(c3nc4ccc(C)cc4s3)C2c2ccccc2)cc1. The van der Waals surface area contributed by atoms with Crippen molar-refractivity contribution in [3.8, 4) is 0 Å². The number of thiazole rings is 1. The summed E-state index contributed by atoms with van der Waals surface area (Å²) in [6, 6.07) is 21.6. The van der Waals surface area contributed by atoms with E-state index in [9.17, 15) is 14.7 Å². The van der Waals surface area contributed by atoms with Gasteiger partial charge >= 0.3 is 5.91 Å². The van der Waals surface area contributed by atoms with Crippen LogP contribution in [-0.2, 0) is 9.59 Å². The average Bonchev–Trinajstić information content (AvgIpc) is 3.32. The molecule has 0 bridgehead atoms. The highest BCUT2D eigenvalue weighted by atomic mass is 32.1. The van der Waals surface area contributed by atoms with Crippen LogP contribution in [0, 0.1) is 13.8 Å². The number of aliphatic hydroxyl groups is 1. The summed E-state index contributed by atoms with van der Waals surface area (Å²) in [7, 11) is 0. The van der Waals surface area contributed by atoms with Crippen LogP contribution >= 0.6 is 11.3 Å². The number of aryl methyl sites for hydroxylation is 2. The number of rotatable bonds is 3. The Morgan fingerprint density at radius 3 is 2.34 bits per heavy atom. The second-order valence-corrected chi connectivity index (χ2v) is 8.92. The predicted molar refractivity (Wildman–Crippen MR) is 127 cm³/mol. The second-order valence-electron chi connectivity index (χ2n) is 7.91. The molecule has 5 nitrogen and oxygen atoms in total. The number of carbonyl (C=O) groups is 2. The number of Topliss-reactive ketones (excluding diaryl/α,β-unsaturated/α-hetero) is 1. The van der Waals surface area contributed by atoms with E-state index in [1.165, 1.54) is 16.2 Å². The van der Waals surface area contributed by atoms with Crippen LogP contribution < -0.4 is 4.90 Å². The maximum atomic E-state index is 13.2. The Labute approximate surface area is 189 Å². The molecule has 6 heteroatoms.